The van der Waals surface area contributed by atoms with Gasteiger partial charge in [-0.3, -0.25) is 0 Å². The van der Waals surface area contributed by atoms with Crippen LogP contribution in [-0.4, -0.2) is 31.5 Å². The molecule has 3 heteroatoms. The second-order valence-electron chi connectivity index (χ2n) is 3.35. The molecule has 74 valence electrons. The molecule has 12 heavy (non-hydrogen) atoms. The molecular weight excluding hydrogens is 154 g/mol. The Balaban J connectivity index is 3.20. The van der Waals surface area contributed by atoms with E-state index in [0.29, 0.717) is 13.2 Å². The standard InChI is InChI=1S/C9H21NO2/c1-7(2)11-5-6-12-9(4)8(3)10/h7-9H,5-6,10H2,1-4H3/t8-,9?/m0/s1. The average Bonchev–Trinajstić information content (AvgIpc) is 1.97. The quantitative estimate of drug-likeness (QED) is 0.616. The molecule has 2 N–H and O–H groups in total. The molecule has 0 rings (SSSR count). The highest BCUT2D eigenvalue weighted by Crippen LogP contribution is 1.95. The molecule has 0 aromatic carbocycles. The third-order valence-corrected chi connectivity index (χ3v) is 1.66. The summed E-state index contributed by atoms with van der Waals surface area (Å²) in [5, 5.41) is 0. The molecule has 0 amide bonds. The van der Waals surface area contributed by atoms with Crippen molar-refractivity contribution in [3.8, 4) is 0 Å². The van der Waals surface area contributed by atoms with Crippen molar-refractivity contribution >= 4 is 0 Å². The predicted octanol–water partition coefficient (Wildman–Crippen LogP) is 1.16. The number of ether oxygens (including phenoxy) is 2. The summed E-state index contributed by atoms with van der Waals surface area (Å²) in [6, 6.07) is 0.0871. The van der Waals surface area contributed by atoms with E-state index in [9.17, 15) is 0 Å². The van der Waals surface area contributed by atoms with Gasteiger partial charge in [0.05, 0.1) is 25.4 Å². The van der Waals surface area contributed by atoms with Crippen LogP contribution in [0.4, 0.5) is 0 Å². The molecule has 3 nitrogen and oxygen atoms in total. The second-order valence-corrected chi connectivity index (χ2v) is 3.35. The van der Waals surface area contributed by atoms with Crippen molar-refractivity contribution in [3.05, 3.63) is 0 Å². The Morgan fingerprint density at radius 1 is 1.00 bits per heavy atom. The summed E-state index contributed by atoms with van der Waals surface area (Å²) in [5.74, 6) is 0. The van der Waals surface area contributed by atoms with Gasteiger partial charge in [-0.1, -0.05) is 0 Å². The Hall–Kier alpha value is -0.120. The van der Waals surface area contributed by atoms with E-state index in [1.807, 2.05) is 27.7 Å². The van der Waals surface area contributed by atoms with Crippen molar-refractivity contribution in [1.82, 2.24) is 0 Å². The van der Waals surface area contributed by atoms with Gasteiger partial charge in [-0.25, -0.2) is 0 Å². The summed E-state index contributed by atoms with van der Waals surface area (Å²) in [7, 11) is 0. The van der Waals surface area contributed by atoms with Gasteiger partial charge in [0.25, 0.3) is 0 Å². The van der Waals surface area contributed by atoms with Crippen LogP contribution in [0, 0.1) is 0 Å². The summed E-state index contributed by atoms with van der Waals surface area (Å²) in [6.45, 7) is 9.20. The summed E-state index contributed by atoms with van der Waals surface area (Å²) < 4.78 is 10.7. The average molecular weight is 175 g/mol. The second kappa shape index (κ2) is 6.40. The molecule has 0 aliphatic heterocycles. The zero-order valence-electron chi connectivity index (χ0n) is 8.54. The minimum absolute atomic E-state index is 0.0871. The fraction of sp³-hybridized carbons (Fsp3) is 1.00. The van der Waals surface area contributed by atoms with Gasteiger partial charge in [-0.2, -0.15) is 0 Å². The van der Waals surface area contributed by atoms with E-state index < -0.39 is 0 Å². The van der Waals surface area contributed by atoms with E-state index in [1.54, 1.807) is 0 Å². The lowest BCUT2D eigenvalue weighted by Gasteiger charge is -2.16. The summed E-state index contributed by atoms with van der Waals surface area (Å²) in [5.41, 5.74) is 5.61. The van der Waals surface area contributed by atoms with E-state index in [-0.39, 0.29) is 18.2 Å². The first kappa shape index (κ1) is 11.9. The highest BCUT2D eigenvalue weighted by Gasteiger charge is 2.06. The zero-order valence-corrected chi connectivity index (χ0v) is 8.54. The van der Waals surface area contributed by atoms with E-state index in [2.05, 4.69) is 0 Å². The first-order valence-electron chi connectivity index (χ1n) is 4.52. The smallest absolute Gasteiger partial charge is 0.0705 e. The molecule has 0 spiro atoms. The number of hydrogen-bond acceptors (Lipinski definition) is 3. The van der Waals surface area contributed by atoms with Crippen molar-refractivity contribution in [3.63, 3.8) is 0 Å². The van der Waals surface area contributed by atoms with Crippen molar-refractivity contribution in [1.29, 1.82) is 0 Å². The Morgan fingerprint density at radius 2 is 1.50 bits per heavy atom. The third kappa shape index (κ3) is 6.58. The van der Waals surface area contributed by atoms with Crippen molar-refractivity contribution < 1.29 is 9.47 Å². The van der Waals surface area contributed by atoms with Gasteiger partial charge in [0.15, 0.2) is 0 Å². The lowest BCUT2D eigenvalue weighted by atomic mass is 10.2. The third-order valence-electron chi connectivity index (χ3n) is 1.66. The monoisotopic (exact) mass is 175 g/mol. The Labute approximate surface area is 75.2 Å². The Morgan fingerprint density at radius 3 is 1.92 bits per heavy atom. The molecule has 0 aromatic rings. The minimum Gasteiger partial charge on any atom is -0.376 e. The molecule has 0 saturated carbocycles. The van der Waals surface area contributed by atoms with Crippen molar-refractivity contribution in [2.24, 2.45) is 5.73 Å². The number of rotatable bonds is 6. The van der Waals surface area contributed by atoms with Crippen LogP contribution < -0.4 is 5.73 Å². The molecule has 0 aliphatic rings. The predicted molar refractivity (Wildman–Crippen MR) is 50.2 cm³/mol. The van der Waals surface area contributed by atoms with Crippen molar-refractivity contribution in [2.45, 2.75) is 45.9 Å². The molecule has 0 fully saturated rings. The van der Waals surface area contributed by atoms with Crippen LogP contribution in [0.15, 0.2) is 0 Å². The maximum atomic E-state index is 5.61. The van der Waals surface area contributed by atoms with Crippen LogP contribution in [0.3, 0.4) is 0 Å². The van der Waals surface area contributed by atoms with Gasteiger partial charge in [0.1, 0.15) is 0 Å². The lowest BCUT2D eigenvalue weighted by Crippen LogP contribution is -2.32. The van der Waals surface area contributed by atoms with Crippen LogP contribution in [0.1, 0.15) is 27.7 Å². The van der Waals surface area contributed by atoms with Crippen LogP contribution in [0.25, 0.3) is 0 Å². The molecule has 0 bridgehead atoms. The van der Waals surface area contributed by atoms with Gasteiger partial charge in [-0.05, 0) is 27.7 Å². The molecule has 0 aliphatic carbocycles. The molecule has 2 atom stereocenters. The number of hydrogen-bond donors (Lipinski definition) is 1. The van der Waals surface area contributed by atoms with Crippen LogP contribution >= 0.6 is 0 Å². The fourth-order valence-corrected chi connectivity index (χ4v) is 0.670. The summed E-state index contributed by atoms with van der Waals surface area (Å²) >= 11 is 0. The normalized spacial score (nSPS) is 16.5. The summed E-state index contributed by atoms with van der Waals surface area (Å²) in [6.07, 6.45) is 0.389. The number of nitrogens with two attached hydrogens (primary N) is 1. The maximum absolute atomic E-state index is 5.61. The molecule has 1 unspecified atom stereocenters. The van der Waals surface area contributed by atoms with E-state index in [0.717, 1.165) is 0 Å². The van der Waals surface area contributed by atoms with Crippen LogP contribution in [-0.2, 0) is 9.47 Å². The van der Waals surface area contributed by atoms with E-state index in [4.69, 9.17) is 15.2 Å². The SMILES string of the molecule is CC(C)OCCOC(C)[C@H](C)N. The van der Waals surface area contributed by atoms with Gasteiger partial charge < -0.3 is 15.2 Å². The summed E-state index contributed by atoms with van der Waals surface area (Å²) in [4.78, 5) is 0. The highest BCUT2D eigenvalue weighted by molar-refractivity contribution is 4.61. The van der Waals surface area contributed by atoms with Gasteiger partial charge in [0, 0.05) is 6.04 Å². The minimum atomic E-state index is 0.0871. The maximum Gasteiger partial charge on any atom is 0.0705 e. The first-order valence-corrected chi connectivity index (χ1v) is 4.52. The largest absolute Gasteiger partial charge is 0.376 e. The fourth-order valence-electron chi connectivity index (χ4n) is 0.670. The molecule has 0 aromatic heterocycles. The van der Waals surface area contributed by atoms with E-state index in [1.165, 1.54) is 0 Å². The van der Waals surface area contributed by atoms with Crippen LogP contribution in [0.2, 0.25) is 0 Å². The molecule has 0 heterocycles. The lowest BCUT2D eigenvalue weighted by molar-refractivity contribution is -0.0124. The van der Waals surface area contributed by atoms with Gasteiger partial charge in [-0.15, -0.1) is 0 Å². The molecule has 0 saturated heterocycles. The molecule has 0 radical (unpaired) electrons. The molecular formula is C9H21NO2. The van der Waals surface area contributed by atoms with Crippen molar-refractivity contribution in [2.75, 3.05) is 13.2 Å². The van der Waals surface area contributed by atoms with E-state index >= 15 is 0 Å². The highest BCUT2D eigenvalue weighted by atomic mass is 16.5. The van der Waals surface area contributed by atoms with Gasteiger partial charge in [0.2, 0.25) is 0 Å². The Bertz CT molecular complexity index is 105. The first-order chi connectivity index (χ1) is 5.54. The van der Waals surface area contributed by atoms with Gasteiger partial charge >= 0.3 is 0 Å². The zero-order chi connectivity index (χ0) is 9.56. The topological polar surface area (TPSA) is 44.5 Å². The Kier molecular flexibility index (Phi) is 6.34. The van der Waals surface area contributed by atoms with Crippen LogP contribution in [0.5, 0.6) is 0 Å².